The van der Waals surface area contributed by atoms with Gasteiger partial charge in [-0.05, 0) is 32.1 Å². The van der Waals surface area contributed by atoms with E-state index in [0.717, 1.165) is 37.5 Å². The molecule has 2 aliphatic rings. The van der Waals surface area contributed by atoms with Gasteiger partial charge >= 0.3 is 0 Å². The third kappa shape index (κ3) is 5.89. The minimum atomic E-state index is -0.117. The fraction of sp³-hybridized carbons (Fsp3) is 0.706. The molecule has 1 aromatic rings. The fourth-order valence-corrected chi connectivity index (χ4v) is 6.84. The summed E-state index contributed by atoms with van der Waals surface area (Å²) in [6.07, 6.45) is 8.67. The van der Waals surface area contributed by atoms with Crippen LogP contribution in [0.5, 0.6) is 0 Å². The summed E-state index contributed by atoms with van der Waals surface area (Å²) in [5, 5.41) is 6.12. The second-order valence-electron chi connectivity index (χ2n) is 6.58. The standard InChI is InChI=1S/C17H25N3O2S3/c21-15(6-2-1-5-14-7-10-24-25-14)20-9-3-4-13(12-20)16(22)19-17-18-8-11-23-17/h8,11,13-14H,1-7,9-10,12H2,(H,18,19,22). The highest BCUT2D eigenvalue weighted by molar-refractivity contribution is 8.77. The Bertz CT molecular complexity index is 561. The van der Waals surface area contributed by atoms with Gasteiger partial charge < -0.3 is 10.2 Å². The van der Waals surface area contributed by atoms with Crippen molar-refractivity contribution in [1.82, 2.24) is 9.88 Å². The van der Waals surface area contributed by atoms with Gasteiger partial charge in [0.2, 0.25) is 11.8 Å². The molecule has 0 aromatic carbocycles. The summed E-state index contributed by atoms with van der Waals surface area (Å²) in [5.41, 5.74) is 0. The predicted molar refractivity (Wildman–Crippen MR) is 107 cm³/mol. The molecule has 3 heterocycles. The summed E-state index contributed by atoms with van der Waals surface area (Å²) in [6, 6.07) is 0. The van der Waals surface area contributed by atoms with E-state index in [1.165, 1.54) is 29.9 Å². The van der Waals surface area contributed by atoms with Crippen molar-refractivity contribution in [2.75, 3.05) is 24.2 Å². The van der Waals surface area contributed by atoms with Crippen LogP contribution in [0.1, 0.15) is 44.9 Å². The molecule has 2 amide bonds. The van der Waals surface area contributed by atoms with E-state index in [1.54, 1.807) is 6.20 Å². The minimum Gasteiger partial charge on any atom is -0.342 e. The number of likely N-dealkylation sites (tertiary alicyclic amines) is 1. The smallest absolute Gasteiger partial charge is 0.231 e. The third-order valence-electron chi connectivity index (χ3n) is 4.70. The molecular formula is C17H25N3O2S3. The van der Waals surface area contributed by atoms with Gasteiger partial charge in [-0.15, -0.1) is 11.3 Å². The van der Waals surface area contributed by atoms with Crippen LogP contribution in [0.4, 0.5) is 5.13 Å². The summed E-state index contributed by atoms with van der Waals surface area (Å²) in [7, 11) is 3.98. The highest BCUT2D eigenvalue weighted by atomic mass is 33.1. The van der Waals surface area contributed by atoms with Crippen LogP contribution >= 0.6 is 32.9 Å². The van der Waals surface area contributed by atoms with Crippen molar-refractivity contribution in [2.24, 2.45) is 5.92 Å². The molecule has 1 aromatic heterocycles. The van der Waals surface area contributed by atoms with Gasteiger partial charge in [0.05, 0.1) is 5.92 Å². The number of hydrogen-bond acceptors (Lipinski definition) is 6. The molecule has 5 nitrogen and oxygen atoms in total. The van der Waals surface area contributed by atoms with E-state index in [0.29, 0.717) is 18.1 Å². The molecule has 2 aliphatic heterocycles. The number of amides is 2. The quantitative estimate of drug-likeness (QED) is 0.554. The lowest BCUT2D eigenvalue weighted by Gasteiger charge is -2.32. The normalized spacial score (nSPS) is 23.6. The molecule has 25 heavy (non-hydrogen) atoms. The Hall–Kier alpha value is -0.730. The second kappa shape index (κ2) is 9.83. The van der Waals surface area contributed by atoms with Crippen LogP contribution in [0.15, 0.2) is 11.6 Å². The molecule has 138 valence electrons. The van der Waals surface area contributed by atoms with Gasteiger partial charge in [0, 0.05) is 42.1 Å². The van der Waals surface area contributed by atoms with Crippen molar-refractivity contribution < 1.29 is 9.59 Å². The van der Waals surface area contributed by atoms with Crippen LogP contribution in [0.25, 0.3) is 0 Å². The first-order chi connectivity index (χ1) is 12.2. The summed E-state index contributed by atoms with van der Waals surface area (Å²) in [6.45, 7) is 1.33. The monoisotopic (exact) mass is 399 g/mol. The second-order valence-corrected chi connectivity index (χ2v) is 10.3. The first-order valence-electron chi connectivity index (χ1n) is 8.99. The number of unbranched alkanes of at least 4 members (excludes halogenated alkanes) is 1. The number of nitrogens with zero attached hydrogens (tertiary/aromatic N) is 2. The Kier molecular flexibility index (Phi) is 7.49. The molecular weight excluding hydrogens is 374 g/mol. The van der Waals surface area contributed by atoms with Crippen LogP contribution in [-0.2, 0) is 9.59 Å². The molecule has 3 rings (SSSR count). The third-order valence-corrected chi connectivity index (χ3v) is 8.40. The highest BCUT2D eigenvalue weighted by Gasteiger charge is 2.28. The van der Waals surface area contributed by atoms with Crippen LogP contribution in [0.2, 0.25) is 0 Å². The molecule has 2 fully saturated rings. The zero-order valence-electron chi connectivity index (χ0n) is 14.3. The maximum absolute atomic E-state index is 12.5. The van der Waals surface area contributed by atoms with E-state index < -0.39 is 0 Å². The van der Waals surface area contributed by atoms with Crippen molar-refractivity contribution in [3.63, 3.8) is 0 Å². The minimum absolute atomic E-state index is 0.0109. The van der Waals surface area contributed by atoms with Gasteiger partial charge in [-0.2, -0.15) is 0 Å². The first kappa shape index (κ1) is 19.0. The molecule has 0 saturated carbocycles. The molecule has 0 aliphatic carbocycles. The van der Waals surface area contributed by atoms with Crippen molar-refractivity contribution in [1.29, 1.82) is 0 Å². The van der Waals surface area contributed by atoms with Crippen molar-refractivity contribution in [2.45, 2.75) is 50.2 Å². The molecule has 2 saturated heterocycles. The van der Waals surface area contributed by atoms with Crippen LogP contribution in [0.3, 0.4) is 0 Å². The topological polar surface area (TPSA) is 62.3 Å². The Balaban J connectivity index is 1.37. The molecule has 1 N–H and O–H groups in total. The van der Waals surface area contributed by atoms with Gasteiger partial charge in [0.1, 0.15) is 0 Å². The van der Waals surface area contributed by atoms with Gasteiger partial charge in [-0.25, -0.2) is 4.98 Å². The fourth-order valence-electron chi connectivity index (χ4n) is 3.28. The number of carbonyl (C=O) groups excluding carboxylic acids is 2. The Labute approximate surface area is 161 Å². The molecule has 8 heteroatoms. The molecule has 0 bridgehead atoms. The Morgan fingerprint density at radius 2 is 2.24 bits per heavy atom. The number of thiazole rings is 1. The van der Waals surface area contributed by atoms with Crippen LogP contribution < -0.4 is 5.32 Å². The van der Waals surface area contributed by atoms with E-state index >= 15 is 0 Å². The van der Waals surface area contributed by atoms with Gasteiger partial charge in [0.25, 0.3) is 0 Å². The SMILES string of the molecule is O=C(Nc1nccs1)C1CCCN(C(=O)CCCCC2CCSS2)C1. The van der Waals surface area contributed by atoms with Crippen LogP contribution in [-0.4, -0.2) is 45.8 Å². The number of hydrogen-bond donors (Lipinski definition) is 1. The maximum Gasteiger partial charge on any atom is 0.231 e. The van der Waals surface area contributed by atoms with Crippen molar-refractivity contribution >= 4 is 49.9 Å². The number of carbonyl (C=O) groups is 2. The lowest BCUT2D eigenvalue weighted by Crippen LogP contribution is -2.43. The van der Waals surface area contributed by atoms with Gasteiger partial charge in [-0.3, -0.25) is 9.59 Å². The summed E-state index contributed by atoms with van der Waals surface area (Å²) >= 11 is 1.42. The van der Waals surface area contributed by atoms with E-state index in [9.17, 15) is 9.59 Å². The Morgan fingerprint density at radius 1 is 1.32 bits per heavy atom. The van der Waals surface area contributed by atoms with Crippen LogP contribution in [0, 0.1) is 5.92 Å². The Morgan fingerprint density at radius 3 is 3.00 bits per heavy atom. The summed E-state index contributed by atoms with van der Waals surface area (Å²) in [5.74, 6) is 1.35. The largest absolute Gasteiger partial charge is 0.342 e. The van der Waals surface area contributed by atoms with Gasteiger partial charge in [-0.1, -0.05) is 28.0 Å². The summed E-state index contributed by atoms with van der Waals surface area (Å²) in [4.78, 5) is 30.8. The van der Waals surface area contributed by atoms with E-state index in [2.05, 4.69) is 10.3 Å². The zero-order valence-corrected chi connectivity index (χ0v) is 16.8. The molecule has 2 atom stereocenters. The first-order valence-corrected chi connectivity index (χ1v) is 12.2. The average molecular weight is 400 g/mol. The van der Waals surface area contributed by atoms with E-state index in [1.807, 2.05) is 31.9 Å². The number of aromatic nitrogens is 1. The molecule has 2 unspecified atom stereocenters. The van der Waals surface area contributed by atoms with E-state index in [4.69, 9.17) is 0 Å². The van der Waals surface area contributed by atoms with Gasteiger partial charge in [0.15, 0.2) is 5.13 Å². The number of rotatable bonds is 7. The average Bonchev–Trinajstić information content (AvgIpc) is 3.32. The summed E-state index contributed by atoms with van der Waals surface area (Å²) < 4.78 is 0. The number of piperidine rings is 1. The zero-order chi connectivity index (χ0) is 17.5. The lowest BCUT2D eigenvalue weighted by molar-refractivity contribution is -0.134. The lowest BCUT2D eigenvalue weighted by atomic mass is 9.96. The predicted octanol–water partition coefficient (Wildman–Crippen LogP) is 4.03. The molecule has 0 spiro atoms. The van der Waals surface area contributed by atoms with Crippen molar-refractivity contribution in [3.8, 4) is 0 Å². The maximum atomic E-state index is 12.5. The molecule has 0 radical (unpaired) electrons. The van der Waals surface area contributed by atoms with E-state index in [-0.39, 0.29) is 17.7 Å². The number of nitrogens with one attached hydrogen (secondary N) is 1. The number of anilines is 1. The highest BCUT2D eigenvalue weighted by Crippen LogP contribution is 2.39. The van der Waals surface area contributed by atoms with Crippen molar-refractivity contribution in [3.05, 3.63) is 11.6 Å².